The number of amides is 1. The van der Waals surface area contributed by atoms with Crippen LogP contribution < -0.4 is 15.8 Å². The number of anilines is 1. The predicted octanol–water partition coefficient (Wildman–Crippen LogP) is 3.38. The molecule has 104 valence electrons. The molecular formula is C15H15ClN2O2. The van der Waals surface area contributed by atoms with Crippen molar-refractivity contribution in [2.45, 2.75) is 6.92 Å². The molecule has 0 aliphatic heterocycles. The Bertz CT molecular complexity index is 656. The van der Waals surface area contributed by atoms with Crippen molar-refractivity contribution in [1.29, 1.82) is 0 Å². The number of aryl methyl sites for hydroxylation is 1. The van der Waals surface area contributed by atoms with Gasteiger partial charge in [-0.1, -0.05) is 17.7 Å². The van der Waals surface area contributed by atoms with E-state index in [1.807, 2.05) is 19.1 Å². The summed E-state index contributed by atoms with van der Waals surface area (Å²) in [7, 11) is 1.56. The highest BCUT2D eigenvalue weighted by atomic mass is 35.5. The smallest absolute Gasteiger partial charge is 0.251 e. The molecule has 4 nitrogen and oxygen atoms in total. The van der Waals surface area contributed by atoms with Gasteiger partial charge in [0.05, 0.1) is 10.7 Å². The van der Waals surface area contributed by atoms with Gasteiger partial charge in [0.1, 0.15) is 11.5 Å². The van der Waals surface area contributed by atoms with E-state index in [0.717, 1.165) is 5.56 Å². The molecule has 0 fully saturated rings. The average Bonchev–Trinajstić information content (AvgIpc) is 2.42. The first kappa shape index (κ1) is 14.2. The fraction of sp³-hybridized carbons (Fsp3) is 0.133. The van der Waals surface area contributed by atoms with Gasteiger partial charge in [-0.2, -0.15) is 0 Å². The van der Waals surface area contributed by atoms with Crippen LogP contribution in [0, 0.1) is 6.92 Å². The largest absolute Gasteiger partial charge is 0.454 e. The van der Waals surface area contributed by atoms with Gasteiger partial charge in [-0.15, -0.1) is 0 Å². The molecule has 0 saturated heterocycles. The molecule has 2 aromatic carbocycles. The van der Waals surface area contributed by atoms with E-state index in [2.05, 4.69) is 5.32 Å². The number of carbonyl (C=O) groups excluding carboxylic acids is 1. The van der Waals surface area contributed by atoms with E-state index in [1.54, 1.807) is 31.3 Å². The van der Waals surface area contributed by atoms with Crippen LogP contribution in [0.3, 0.4) is 0 Å². The normalized spacial score (nSPS) is 10.2. The second kappa shape index (κ2) is 5.84. The molecule has 20 heavy (non-hydrogen) atoms. The third-order valence-corrected chi connectivity index (χ3v) is 3.10. The minimum atomic E-state index is -0.198. The number of hydrogen-bond donors (Lipinski definition) is 2. The van der Waals surface area contributed by atoms with Crippen molar-refractivity contribution in [1.82, 2.24) is 5.32 Å². The van der Waals surface area contributed by atoms with Gasteiger partial charge in [0, 0.05) is 12.6 Å². The monoisotopic (exact) mass is 290 g/mol. The summed E-state index contributed by atoms with van der Waals surface area (Å²) in [6.45, 7) is 1.95. The summed E-state index contributed by atoms with van der Waals surface area (Å²) >= 11 is 6.11. The van der Waals surface area contributed by atoms with Gasteiger partial charge in [-0.25, -0.2) is 0 Å². The van der Waals surface area contributed by atoms with Crippen LogP contribution in [0.1, 0.15) is 15.9 Å². The maximum atomic E-state index is 11.5. The molecule has 0 unspecified atom stereocenters. The molecular weight excluding hydrogens is 276 g/mol. The maximum Gasteiger partial charge on any atom is 0.251 e. The molecule has 0 spiro atoms. The van der Waals surface area contributed by atoms with Gasteiger partial charge in [-0.3, -0.25) is 4.79 Å². The second-order valence-electron chi connectivity index (χ2n) is 4.37. The topological polar surface area (TPSA) is 64.3 Å². The Labute approximate surface area is 122 Å². The van der Waals surface area contributed by atoms with Crippen LogP contribution in [0.5, 0.6) is 11.5 Å². The molecule has 0 aromatic heterocycles. The molecule has 1 amide bonds. The zero-order chi connectivity index (χ0) is 14.7. The van der Waals surface area contributed by atoms with Gasteiger partial charge in [-0.05, 0) is 42.8 Å². The minimum Gasteiger partial charge on any atom is -0.454 e. The molecule has 3 N–H and O–H groups in total. The van der Waals surface area contributed by atoms with Crippen molar-refractivity contribution in [2.75, 3.05) is 12.8 Å². The fourth-order valence-electron chi connectivity index (χ4n) is 1.73. The van der Waals surface area contributed by atoms with Crippen molar-refractivity contribution >= 4 is 23.2 Å². The highest BCUT2D eigenvalue weighted by Crippen LogP contribution is 2.33. The molecule has 0 atom stereocenters. The summed E-state index contributed by atoms with van der Waals surface area (Å²) in [5.41, 5.74) is 7.80. The molecule has 0 radical (unpaired) electrons. The Morgan fingerprint density at radius 3 is 2.50 bits per heavy atom. The summed E-state index contributed by atoms with van der Waals surface area (Å²) in [4.78, 5) is 11.5. The lowest BCUT2D eigenvalue weighted by atomic mass is 10.1. The quantitative estimate of drug-likeness (QED) is 0.852. The minimum absolute atomic E-state index is 0.198. The Kier molecular flexibility index (Phi) is 4.15. The first-order valence-corrected chi connectivity index (χ1v) is 6.44. The number of nitrogen functional groups attached to an aromatic ring is 1. The summed E-state index contributed by atoms with van der Waals surface area (Å²) in [6.07, 6.45) is 0. The fourth-order valence-corrected chi connectivity index (χ4v) is 2.01. The molecule has 2 rings (SSSR count). The molecule has 0 aliphatic carbocycles. The number of hydrogen-bond acceptors (Lipinski definition) is 3. The van der Waals surface area contributed by atoms with E-state index in [0.29, 0.717) is 27.8 Å². The lowest BCUT2D eigenvalue weighted by molar-refractivity contribution is 0.0963. The van der Waals surface area contributed by atoms with Gasteiger partial charge >= 0.3 is 0 Å². The zero-order valence-electron chi connectivity index (χ0n) is 11.2. The summed E-state index contributed by atoms with van der Waals surface area (Å²) in [5.74, 6) is 0.789. The third-order valence-electron chi connectivity index (χ3n) is 2.81. The lowest BCUT2D eigenvalue weighted by Crippen LogP contribution is -2.17. The number of carbonyl (C=O) groups is 1. The van der Waals surface area contributed by atoms with Crippen molar-refractivity contribution in [2.24, 2.45) is 0 Å². The lowest BCUT2D eigenvalue weighted by Gasteiger charge is -2.11. The number of benzene rings is 2. The SMILES string of the molecule is CNC(=O)c1ccc(Oc2ccc(C)cc2Cl)c(N)c1. The van der Waals surface area contributed by atoms with Crippen LogP contribution in [-0.4, -0.2) is 13.0 Å². The van der Waals surface area contributed by atoms with Crippen LogP contribution in [0.15, 0.2) is 36.4 Å². The van der Waals surface area contributed by atoms with E-state index >= 15 is 0 Å². The Morgan fingerprint density at radius 1 is 1.20 bits per heavy atom. The van der Waals surface area contributed by atoms with E-state index in [9.17, 15) is 4.79 Å². The highest BCUT2D eigenvalue weighted by molar-refractivity contribution is 6.32. The number of halogens is 1. The first-order valence-electron chi connectivity index (χ1n) is 6.07. The Hall–Kier alpha value is -2.20. The number of rotatable bonds is 3. The van der Waals surface area contributed by atoms with E-state index in [1.165, 1.54) is 0 Å². The van der Waals surface area contributed by atoms with Crippen molar-refractivity contribution in [3.05, 3.63) is 52.5 Å². The van der Waals surface area contributed by atoms with Crippen LogP contribution in [0.25, 0.3) is 0 Å². The number of nitrogens with one attached hydrogen (secondary N) is 1. The Morgan fingerprint density at radius 2 is 1.90 bits per heavy atom. The molecule has 0 aliphatic rings. The van der Waals surface area contributed by atoms with Gasteiger partial charge < -0.3 is 15.8 Å². The molecule has 5 heteroatoms. The van der Waals surface area contributed by atoms with Crippen LogP contribution in [0.4, 0.5) is 5.69 Å². The van der Waals surface area contributed by atoms with Gasteiger partial charge in [0.2, 0.25) is 0 Å². The van der Waals surface area contributed by atoms with Crippen LogP contribution >= 0.6 is 11.6 Å². The summed E-state index contributed by atoms with van der Waals surface area (Å²) < 4.78 is 5.67. The number of ether oxygens (including phenoxy) is 1. The van der Waals surface area contributed by atoms with E-state index in [-0.39, 0.29) is 5.91 Å². The second-order valence-corrected chi connectivity index (χ2v) is 4.77. The summed E-state index contributed by atoms with van der Waals surface area (Å²) in [5, 5.41) is 3.05. The van der Waals surface area contributed by atoms with Gasteiger partial charge in [0.15, 0.2) is 0 Å². The standard InChI is InChI=1S/C15H15ClN2O2/c1-9-3-5-13(11(16)7-9)20-14-6-4-10(8-12(14)17)15(19)18-2/h3-8H,17H2,1-2H3,(H,18,19). The third kappa shape index (κ3) is 3.03. The Balaban J connectivity index is 2.28. The van der Waals surface area contributed by atoms with Crippen LogP contribution in [0.2, 0.25) is 5.02 Å². The zero-order valence-corrected chi connectivity index (χ0v) is 12.0. The van der Waals surface area contributed by atoms with E-state index < -0.39 is 0 Å². The maximum absolute atomic E-state index is 11.5. The average molecular weight is 291 g/mol. The molecule has 0 heterocycles. The molecule has 2 aromatic rings. The predicted molar refractivity (Wildman–Crippen MR) is 80.5 cm³/mol. The van der Waals surface area contributed by atoms with Crippen LogP contribution in [-0.2, 0) is 0 Å². The van der Waals surface area contributed by atoms with Gasteiger partial charge in [0.25, 0.3) is 5.91 Å². The number of nitrogens with two attached hydrogens (primary N) is 1. The summed E-state index contributed by atoms with van der Waals surface area (Å²) in [6, 6.07) is 10.4. The highest BCUT2D eigenvalue weighted by Gasteiger charge is 2.09. The van der Waals surface area contributed by atoms with E-state index in [4.69, 9.17) is 22.1 Å². The van der Waals surface area contributed by atoms with Crippen molar-refractivity contribution in [3.8, 4) is 11.5 Å². The van der Waals surface area contributed by atoms with Crippen molar-refractivity contribution in [3.63, 3.8) is 0 Å². The molecule has 0 bridgehead atoms. The first-order chi connectivity index (χ1) is 9.51. The molecule has 0 saturated carbocycles. The van der Waals surface area contributed by atoms with Crippen molar-refractivity contribution < 1.29 is 9.53 Å².